The summed E-state index contributed by atoms with van der Waals surface area (Å²) in [4.78, 5) is 0. The molecule has 1 aliphatic rings. The van der Waals surface area contributed by atoms with E-state index in [4.69, 9.17) is 15.6 Å². The van der Waals surface area contributed by atoms with Crippen LogP contribution < -0.4 is 11.1 Å². The van der Waals surface area contributed by atoms with Gasteiger partial charge in [-0.2, -0.15) is 0 Å². The monoisotopic (exact) mass is 216 g/mol. The fraction of sp³-hybridized carbons (Fsp3) is 1.00. The lowest BCUT2D eigenvalue weighted by molar-refractivity contribution is 0.0852. The predicted molar refractivity (Wildman–Crippen MR) is 60.8 cm³/mol. The van der Waals surface area contributed by atoms with Crippen molar-refractivity contribution in [3.05, 3.63) is 0 Å². The number of hydrogen-bond acceptors (Lipinski definition) is 4. The molecule has 2 atom stereocenters. The minimum absolute atomic E-state index is 0.0147. The van der Waals surface area contributed by atoms with Crippen LogP contribution in [0.1, 0.15) is 32.6 Å². The molecule has 4 N–H and O–H groups in total. The molecule has 1 saturated heterocycles. The molecule has 4 nitrogen and oxygen atoms in total. The molecule has 1 fully saturated rings. The normalized spacial score (nSPS) is 31.0. The molecule has 0 aromatic rings. The molecular formula is C11H24N2O2. The Morgan fingerprint density at radius 1 is 1.47 bits per heavy atom. The van der Waals surface area contributed by atoms with Crippen LogP contribution >= 0.6 is 0 Å². The minimum atomic E-state index is -0.0147. The highest BCUT2D eigenvalue weighted by Gasteiger charge is 2.39. The van der Waals surface area contributed by atoms with Gasteiger partial charge < -0.3 is 20.9 Å². The van der Waals surface area contributed by atoms with Gasteiger partial charge >= 0.3 is 0 Å². The van der Waals surface area contributed by atoms with Gasteiger partial charge in [-0.25, -0.2) is 0 Å². The van der Waals surface area contributed by atoms with Gasteiger partial charge in [0.2, 0.25) is 0 Å². The van der Waals surface area contributed by atoms with Crippen molar-refractivity contribution in [3.63, 3.8) is 0 Å². The Balaban J connectivity index is 2.22. The SMILES string of the molecule is CC1OCCC1(CN)NCCCCCO. The van der Waals surface area contributed by atoms with E-state index < -0.39 is 0 Å². The zero-order valence-electron chi connectivity index (χ0n) is 9.67. The lowest BCUT2D eigenvalue weighted by Crippen LogP contribution is -2.56. The quantitative estimate of drug-likeness (QED) is 0.533. The summed E-state index contributed by atoms with van der Waals surface area (Å²) in [5.41, 5.74) is 5.80. The van der Waals surface area contributed by atoms with Gasteiger partial charge in [-0.3, -0.25) is 0 Å². The van der Waals surface area contributed by atoms with E-state index >= 15 is 0 Å². The first kappa shape index (κ1) is 12.9. The smallest absolute Gasteiger partial charge is 0.0741 e. The van der Waals surface area contributed by atoms with Gasteiger partial charge in [0.15, 0.2) is 0 Å². The van der Waals surface area contributed by atoms with E-state index in [9.17, 15) is 0 Å². The molecule has 0 amide bonds. The molecule has 0 radical (unpaired) electrons. The number of rotatable bonds is 7. The number of unbranched alkanes of at least 4 members (excludes halogenated alkanes) is 2. The van der Waals surface area contributed by atoms with E-state index in [1.165, 1.54) is 0 Å². The van der Waals surface area contributed by atoms with Crippen molar-refractivity contribution in [1.29, 1.82) is 0 Å². The number of aliphatic hydroxyl groups excluding tert-OH is 1. The van der Waals surface area contributed by atoms with Gasteiger partial charge in [-0.05, 0) is 39.2 Å². The zero-order chi connectivity index (χ0) is 11.1. The minimum Gasteiger partial charge on any atom is -0.396 e. The average Bonchev–Trinajstić information content (AvgIpc) is 2.61. The Hall–Kier alpha value is -0.160. The van der Waals surface area contributed by atoms with Gasteiger partial charge in [-0.1, -0.05) is 0 Å². The molecule has 2 unspecified atom stereocenters. The molecular weight excluding hydrogens is 192 g/mol. The van der Waals surface area contributed by atoms with Crippen LogP contribution in [0.5, 0.6) is 0 Å². The zero-order valence-corrected chi connectivity index (χ0v) is 9.67. The average molecular weight is 216 g/mol. The lowest BCUT2D eigenvalue weighted by Gasteiger charge is -2.32. The van der Waals surface area contributed by atoms with Crippen LogP contribution in [0, 0.1) is 0 Å². The summed E-state index contributed by atoms with van der Waals surface area (Å²) in [6, 6.07) is 0. The summed E-state index contributed by atoms with van der Waals surface area (Å²) in [7, 11) is 0. The third-order valence-corrected chi connectivity index (χ3v) is 3.37. The fourth-order valence-corrected chi connectivity index (χ4v) is 2.10. The van der Waals surface area contributed by atoms with E-state index in [1.807, 2.05) is 0 Å². The molecule has 0 saturated carbocycles. The highest BCUT2D eigenvalue weighted by Crippen LogP contribution is 2.24. The molecule has 1 heterocycles. The van der Waals surface area contributed by atoms with Gasteiger partial charge in [0.05, 0.1) is 11.6 Å². The van der Waals surface area contributed by atoms with Gasteiger partial charge in [0.1, 0.15) is 0 Å². The highest BCUT2D eigenvalue weighted by atomic mass is 16.5. The van der Waals surface area contributed by atoms with Crippen molar-refractivity contribution in [1.82, 2.24) is 5.32 Å². The number of ether oxygens (including phenoxy) is 1. The molecule has 4 heteroatoms. The molecule has 0 aliphatic carbocycles. The molecule has 0 spiro atoms. The topological polar surface area (TPSA) is 67.5 Å². The first-order chi connectivity index (χ1) is 7.25. The van der Waals surface area contributed by atoms with Crippen LogP contribution in [0.2, 0.25) is 0 Å². The van der Waals surface area contributed by atoms with Crippen molar-refractivity contribution >= 4 is 0 Å². The second kappa shape index (κ2) is 6.43. The van der Waals surface area contributed by atoms with Crippen LogP contribution in [0.4, 0.5) is 0 Å². The molecule has 0 aromatic heterocycles. The van der Waals surface area contributed by atoms with Gasteiger partial charge in [-0.15, -0.1) is 0 Å². The molecule has 0 bridgehead atoms. The summed E-state index contributed by atoms with van der Waals surface area (Å²) >= 11 is 0. The summed E-state index contributed by atoms with van der Waals surface area (Å²) in [5.74, 6) is 0. The largest absolute Gasteiger partial charge is 0.396 e. The second-order valence-corrected chi connectivity index (χ2v) is 4.33. The van der Waals surface area contributed by atoms with Crippen molar-refractivity contribution in [2.24, 2.45) is 5.73 Å². The Morgan fingerprint density at radius 3 is 2.80 bits per heavy atom. The van der Waals surface area contributed by atoms with Gasteiger partial charge in [0.25, 0.3) is 0 Å². The van der Waals surface area contributed by atoms with E-state index in [-0.39, 0.29) is 11.6 Å². The van der Waals surface area contributed by atoms with Gasteiger partial charge in [0, 0.05) is 19.8 Å². The van der Waals surface area contributed by atoms with Crippen molar-refractivity contribution in [2.75, 3.05) is 26.3 Å². The molecule has 1 rings (SSSR count). The van der Waals surface area contributed by atoms with Crippen LogP contribution in [0.15, 0.2) is 0 Å². The van der Waals surface area contributed by atoms with E-state index in [1.54, 1.807) is 0 Å². The van der Waals surface area contributed by atoms with Crippen molar-refractivity contribution in [2.45, 2.75) is 44.2 Å². The maximum absolute atomic E-state index is 8.66. The lowest BCUT2D eigenvalue weighted by atomic mass is 9.92. The second-order valence-electron chi connectivity index (χ2n) is 4.33. The third kappa shape index (κ3) is 3.41. The maximum atomic E-state index is 8.66. The molecule has 90 valence electrons. The van der Waals surface area contributed by atoms with E-state index in [2.05, 4.69) is 12.2 Å². The number of hydrogen-bond donors (Lipinski definition) is 3. The predicted octanol–water partition coefficient (Wildman–Crippen LogP) is 0.245. The standard InChI is InChI=1S/C11H24N2O2/c1-10-11(9-12,5-8-15-10)13-6-3-2-4-7-14/h10,13-14H,2-9,12H2,1H3. The van der Waals surface area contributed by atoms with E-state index in [0.717, 1.165) is 38.8 Å². The number of nitrogens with one attached hydrogen (secondary N) is 1. The third-order valence-electron chi connectivity index (χ3n) is 3.37. The molecule has 15 heavy (non-hydrogen) atoms. The Labute approximate surface area is 92.2 Å². The molecule has 1 aliphatic heterocycles. The summed E-state index contributed by atoms with van der Waals surface area (Å²) in [6.45, 7) is 4.78. The first-order valence-electron chi connectivity index (χ1n) is 5.93. The number of aliphatic hydroxyl groups is 1. The van der Waals surface area contributed by atoms with Crippen molar-refractivity contribution in [3.8, 4) is 0 Å². The van der Waals surface area contributed by atoms with Crippen LogP contribution in [-0.4, -0.2) is 43.1 Å². The Bertz CT molecular complexity index is 178. The number of nitrogens with two attached hydrogens (primary N) is 1. The first-order valence-corrected chi connectivity index (χ1v) is 5.93. The summed E-state index contributed by atoms with van der Waals surface area (Å²) < 4.78 is 5.56. The maximum Gasteiger partial charge on any atom is 0.0741 e. The summed E-state index contributed by atoms with van der Waals surface area (Å²) in [6.07, 6.45) is 4.27. The Morgan fingerprint density at radius 2 is 2.27 bits per heavy atom. The highest BCUT2D eigenvalue weighted by molar-refractivity contribution is 4.98. The van der Waals surface area contributed by atoms with E-state index in [0.29, 0.717) is 13.2 Å². The fourth-order valence-electron chi connectivity index (χ4n) is 2.10. The molecule has 0 aromatic carbocycles. The van der Waals surface area contributed by atoms with Crippen LogP contribution in [-0.2, 0) is 4.74 Å². The van der Waals surface area contributed by atoms with Crippen LogP contribution in [0.25, 0.3) is 0 Å². The summed E-state index contributed by atoms with van der Waals surface area (Å²) in [5, 5.41) is 12.2. The Kier molecular flexibility index (Phi) is 5.53. The van der Waals surface area contributed by atoms with Crippen molar-refractivity contribution < 1.29 is 9.84 Å². The van der Waals surface area contributed by atoms with Crippen LogP contribution in [0.3, 0.4) is 0 Å².